The van der Waals surface area contributed by atoms with E-state index in [1.807, 2.05) is 27.7 Å². The average molecular weight is 369 g/mol. The van der Waals surface area contributed by atoms with Crippen LogP contribution >= 0.6 is 0 Å². The van der Waals surface area contributed by atoms with E-state index >= 15 is 0 Å². The molecule has 1 fully saturated rings. The molecule has 1 saturated heterocycles. The number of carboxylic acid groups (broad SMARTS) is 1. The number of aryl methyl sites for hydroxylation is 1. The van der Waals surface area contributed by atoms with E-state index in [0.29, 0.717) is 19.4 Å². The normalized spacial score (nSPS) is 22.0. The number of hydrazine groups is 1. The summed E-state index contributed by atoms with van der Waals surface area (Å²) in [4.78, 5) is 15.6. The fourth-order valence-electron chi connectivity index (χ4n) is 3.36. The number of likely N-dealkylation sites (tertiary alicyclic amines) is 1. The molecule has 1 amide bonds. The Balaban J connectivity index is 2.16. The van der Waals surface area contributed by atoms with E-state index in [0.717, 1.165) is 5.56 Å². The third kappa shape index (κ3) is 4.71. The molecule has 1 heterocycles. The molecule has 7 nitrogen and oxygen atoms in total. The highest BCUT2D eigenvalue weighted by atomic mass is 32.2. The maximum absolute atomic E-state index is 12.5. The molecule has 25 heavy (non-hydrogen) atoms. The maximum atomic E-state index is 12.5. The number of nitrogens with zero attached hydrogens (tertiary/aromatic N) is 1. The van der Waals surface area contributed by atoms with Gasteiger partial charge in [-0.05, 0) is 37.3 Å². The SMILES string of the molecule is Cc1ccc(S(=O)(=O)NNC2CCCN(C(=O)O)C2C(C)(C)C)cc1. The minimum atomic E-state index is -3.71. The maximum Gasteiger partial charge on any atom is 0.407 e. The molecule has 0 radical (unpaired) electrons. The molecule has 2 unspecified atom stereocenters. The summed E-state index contributed by atoms with van der Waals surface area (Å²) in [6.45, 7) is 8.23. The van der Waals surface area contributed by atoms with Gasteiger partial charge in [0.05, 0.1) is 10.9 Å². The number of carbonyl (C=O) groups is 1. The number of hydrogen-bond acceptors (Lipinski definition) is 4. The summed E-state index contributed by atoms with van der Waals surface area (Å²) in [7, 11) is -3.71. The van der Waals surface area contributed by atoms with Crippen molar-refractivity contribution in [1.82, 2.24) is 15.2 Å². The predicted molar refractivity (Wildman–Crippen MR) is 95.6 cm³/mol. The number of rotatable bonds is 4. The second-order valence-electron chi connectivity index (χ2n) is 7.60. The van der Waals surface area contributed by atoms with Gasteiger partial charge in [-0.1, -0.05) is 38.5 Å². The highest BCUT2D eigenvalue weighted by Gasteiger charge is 2.42. The lowest BCUT2D eigenvalue weighted by Crippen LogP contribution is -2.63. The third-order valence-corrected chi connectivity index (χ3v) is 5.75. The predicted octanol–water partition coefficient (Wildman–Crippen LogP) is 2.34. The number of piperidine rings is 1. The number of sulfonamides is 1. The first kappa shape index (κ1) is 19.7. The molecule has 1 aromatic rings. The summed E-state index contributed by atoms with van der Waals surface area (Å²) in [5.74, 6) is 0. The molecule has 2 atom stereocenters. The molecule has 3 N–H and O–H groups in total. The van der Waals surface area contributed by atoms with Gasteiger partial charge in [0.15, 0.2) is 0 Å². The van der Waals surface area contributed by atoms with Crippen LogP contribution in [-0.4, -0.2) is 43.1 Å². The van der Waals surface area contributed by atoms with Crippen LogP contribution in [0.5, 0.6) is 0 Å². The zero-order chi connectivity index (χ0) is 18.8. The van der Waals surface area contributed by atoms with Gasteiger partial charge in [-0.3, -0.25) is 0 Å². The second-order valence-corrected chi connectivity index (χ2v) is 9.28. The molecular formula is C17H27N3O4S. The molecule has 8 heteroatoms. The monoisotopic (exact) mass is 369 g/mol. The molecule has 1 aliphatic rings. The Morgan fingerprint density at radius 1 is 1.24 bits per heavy atom. The molecule has 0 spiro atoms. The summed E-state index contributed by atoms with van der Waals surface area (Å²) < 4.78 is 24.9. The van der Waals surface area contributed by atoms with E-state index in [1.165, 1.54) is 4.90 Å². The van der Waals surface area contributed by atoms with Gasteiger partial charge in [0.1, 0.15) is 0 Å². The Morgan fingerprint density at radius 2 is 1.84 bits per heavy atom. The van der Waals surface area contributed by atoms with Crippen LogP contribution in [0, 0.1) is 12.3 Å². The Labute approximate surface area is 149 Å². The van der Waals surface area contributed by atoms with Crippen molar-refractivity contribution in [2.75, 3.05) is 6.54 Å². The van der Waals surface area contributed by atoms with Gasteiger partial charge in [-0.2, -0.15) is 0 Å². The van der Waals surface area contributed by atoms with Crippen molar-refractivity contribution in [3.63, 3.8) is 0 Å². The highest BCUT2D eigenvalue weighted by molar-refractivity contribution is 7.89. The standard InChI is InChI=1S/C17H27N3O4S/c1-12-7-9-13(10-8-12)25(23,24)19-18-14-6-5-11-20(16(21)22)15(14)17(2,3)4/h7-10,14-15,18-19H,5-6,11H2,1-4H3,(H,21,22). The van der Waals surface area contributed by atoms with Crippen LogP contribution in [0.3, 0.4) is 0 Å². The smallest absolute Gasteiger partial charge is 0.407 e. The molecular weight excluding hydrogens is 342 g/mol. The molecule has 1 aromatic carbocycles. The molecule has 0 bridgehead atoms. The van der Waals surface area contributed by atoms with Crippen LogP contribution in [0.2, 0.25) is 0 Å². The molecule has 1 aliphatic heterocycles. The van der Waals surface area contributed by atoms with Crippen LogP contribution in [-0.2, 0) is 10.0 Å². The van der Waals surface area contributed by atoms with E-state index < -0.39 is 16.1 Å². The lowest BCUT2D eigenvalue weighted by atomic mass is 9.78. The largest absolute Gasteiger partial charge is 0.465 e. The van der Waals surface area contributed by atoms with Gasteiger partial charge in [0.25, 0.3) is 10.0 Å². The number of hydrogen-bond donors (Lipinski definition) is 3. The van der Waals surface area contributed by atoms with Crippen molar-refractivity contribution in [2.45, 2.75) is 57.5 Å². The molecule has 2 rings (SSSR count). The van der Waals surface area contributed by atoms with Crippen molar-refractivity contribution < 1.29 is 18.3 Å². The number of amides is 1. The number of benzene rings is 1. The van der Waals surface area contributed by atoms with E-state index in [2.05, 4.69) is 10.3 Å². The Kier molecular flexibility index (Phi) is 5.75. The summed E-state index contributed by atoms with van der Waals surface area (Å²) in [6.07, 6.45) is 0.401. The van der Waals surface area contributed by atoms with Gasteiger partial charge < -0.3 is 10.0 Å². The molecule has 0 aromatic heterocycles. The zero-order valence-corrected chi connectivity index (χ0v) is 15.9. The second kappa shape index (κ2) is 7.31. The fraction of sp³-hybridized carbons (Fsp3) is 0.588. The van der Waals surface area contributed by atoms with Crippen molar-refractivity contribution >= 4 is 16.1 Å². The van der Waals surface area contributed by atoms with Crippen molar-refractivity contribution in [2.24, 2.45) is 5.41 Å². The zero-order valence-electron chi connectivity index (χ0n) is 15.1. The summed E-state index contributed by atoms with van der Waals surface area (Å²) in [5.41, 5.74) is 3.52. The van der Waals surface area contributed by atoms with Crippen molar-refractivity contribution in [3.05, 3.63) is 29.8 Å². The van der Waals surface area contributed by atoms with Gasteiger partial charge in [0.2, 0.25) is 0 Å². The summed E-state index contributed by atoms with van der Waals surface area (Å²) in [6, 6.07) is 5.93. The first-order chi connectivity index (χ1) is 11.5. The van der Waals surface area contributed by atoms with Crippen LogP contribution in [0.1, 0.15) is 39.2 Å². The van der Waals surface area contributed by atoms with Crippen LogP contribution in [0.15, 0.2) is 29.2 Å². The number of nitrogens with one attached hydrogen (secondary N) is 2. The lowest BCUT2D eigenvalue weighted by Gasteiger charge is -2.46. The first-order valence-electron chi connectivity index (χ1n) is 8.36. The Morgan fingerprint density at radius 3 is 2.36 bits per heavy atom. The fourth-order valence-corrected chi connectivity index (χ4v) is 4.28. The van der Waals surface area contributed by atoms with Crippen molar-refractivity contribution in [1.29, 1.82) is 0 Å². The van der Waals surface area contributed by atoms with Crippen LogP contribution in [0.25, 0.3) is 0 Å². The van der Waals surface area contributed by atoms with Crippen molar-refractivity contribution in [3.8, 4) is 0 Å². The van der Waals surface area contributed by atoms with Gasteiger partial charge >= 0.3 is 6.09 Å². The summed E-state index contributed by atoms with van der Waals surface area (Å²) in [5, 5.41) is 9.48. The highest BCUT2D eigenvalue weighted by Crippen LogP contribution is 2.32. The van der Waals surface area contributed by atoms with Crippen LogP contribution in [0.4, 0.5) is 4.79 Å². The van der Waals surface area contributed by atoms with Crippen LogP contribution < -0.4 is 10.3 Å². The minimum absolute atomic E-state index is 0.170. The quantitative estimate of drug-likeness (QED) is 0.708. The Bertz CT molecular complexity index is 710. The van der Waals surface area contributed by atoms with Gasteiger partial charge in [0, 0.05) is 12.6 Å². The van der Waals surface area contributed by atoms with E-state index in [9.17, 15) is 18.3 Å². The van der Waals surface area contributed by atoms with Gasteiger partial charge in [-0.25, -0.2) is 18.6 Å². The lowest BCUT2D eigenvalue weighted by molar-refractivity contribution is 0.0361. The minimum Gasteiger partial charge on any atom is -0.465 e. The van der Waals surface area contributed by atoms with Gasteiger partial charge in [-0.15, -0.1) is 4.83 Å². The third-order valence-electron chi connectivity index (χ3n) is 4.47. The average Bonchev–Trinajstić information content (AvgIpc) is 2.52. The molecule has 0 aliphatic carbocycles. The molecule has 0 saturated carbocycles. The molecule has 140 valence electrons. The van der Waals surface area contributed by atoms with E-state index in [1.54, 1.807) is 24.3 Å². The Hall–Kier alpha value is -1.64. The van der Waals surface area contributed by atoms with E-state index in [4.69, 9.17) is 0 Å². The first-order valence-corrected chi connectivity index (χ1v) is 9.84. The topological polar surface area (TPSA) is 98.7 Å². The van der Waals surface area contributed by atoms with E-state index in [-0.39, 0.29) is 22.4 Å². The summed E-state index contributed by atoms with van der Waals surface area (Å²) >= 11 is 0.